The Morgan fingerprint density at radius 2 is 2.19 bits per heavy atom. The number of carbonyl (C=O) groups excluding carboxylic acids is 1. The molecule has 3 rings (SSSR count). The van der Waals surface area contributed by atoms with Gasteiger partial charge in [-0.3, -0.25) is 9.69 Å². The maximum absolute atomic E-state index is 12.7. The second kappa shape index (κ2) is 7.77. The van der Waals surface area contributed by atoms with Crippen molar-refractivity contribution >= 4 is 22.2 Å². The fourth-order valence-corrected chi connectivity index (χ4v) is 4.32. The number of rotatable bonds is 5. The van der Waals surface area contributed by atoms with Crippen LogP contribution < -0.4 is 14.8 Å². The monoisotopic (exact) mass is 371 g/mol. The van der Waals surface area contributed by atoms with Crippen molar-refractivity contribution in [1.29, 1.82) is 5.26 Å². The van der Waals surface area contributed by atoms with Gasteiger partial charge in [0.05, 0.1) is 25.3 Å². The van der Waals surface area contributed by atoms with Crippen LogP contribution in [0.25, 0.3) is 0 Å². The molecule has 1 aromatic heterocycles. The molecule has 0 aliphatic carbocycles. The number of fused-ring (bicyclic) bond motifs is 1. The van der Waals surface area contributed by atoms with Gasteiger partial charge in [0.2, 0.25) is 0 Å². The summed E-state index contributed by atoms with van der Waals surface area (Å²) in [4.78, 5) is 16.2. The van der Waals surface area contributed by atoms with E-state index in [0.29, 0.717) is 27.6 Å². The first-order chi connectivity index (χ1) is 12.6. The van der Waals surface area contributed by atoms with Gasteiger partial charge in [-0.1, -0.05) is 6.92 Å². The standard InChI is InChI=1S/C19H21N3O3S/c1-4-22-8-7-13-15(10-20)19(26-17(13)11-22)21-18(23)14-6-5-12(24-2)9-16(14)25-3/h5-6,9H,4,7-8,11H2,1-3H3,(H,21,23). The van der Waals surface area contributed by atoms with Crippen molar-refractivity contribution in [3.05, 3.63) is 39.8 Å². The third-order valence-electron chi connectivity index (χ3n) is 4.58. The van der Waals surface area contributed by atoms with Crippen LogP contribution in [0.15, 0.2) is 18.2 Å². The number of nitrogens with one attached hydrogen (secondary N) is 1. The molecule has 0 bridgehead atoms. The van der Waals surface area contributed by atoms with Gasteiger partial charge in [-0.05, 0) is 30.7 Å². The largest absolute Gasteiger partial charge is 0.497 e. The van der Waals surface area contributed by atoms with Gasteiger partial charge in [0.15, 0.2) is 0 Å². The summed E-state index contributed by atoms with van der Waals surface area (Å²) in [5.74, 6) is 0.744. The molecule has 136 valence electrons. The normalized spacial score (nSPS) is 13.6. The van der Waals surface area contributed by atoms with Gasteiger partial charge in [0.1, 0.15) is 22.6 Å². The van der Waals surface area contributed by atoms with E-state index in [0.717, 1.165) is 36.5 Å². The predicted octanol–water partition coefficient (Wildman–Crippen LogP) is 3.27. The zero-order chi connectivity index (χ0) is 18.7. The van der Waals surface area contributed by atoms with E-state index < -0.39 is 0 Å². The second-order valence-corrected chi connectivity index (χ2v) is 7.06. The van der Waals surface area contributed by atoms with Crippen LogP contribution in [-0.2, 0) is 13.0 Å². The molecule has 0 spiro atoms. The number of methoxy groups -OCH3 is 2. The van der Waals surface area contributed by atoms with Crippen molar-refractivity contribution in [2.24, 2.45) is 0 Å². The van der Waals surface area contributed by atoms with E-state index in [2.05, 4.69) is 23.2 Å². The minimum absolute atomic E-state index is 0.299. The summed E-state index contributed by atoms with van der Waals surface area (Å²) in [7, 11) is 3.07. The van der Waals surface area contributed by atoms with Crippen LogP contribution in [0.3, 0.4) is 0 Å². The molecule has 2 aromatic rings. The molecule has 0 saturated carbocycles. The van der Waals surface area contributed by atoms with Gasteiger partial charge in [-0.15, -0.1) is 11.3 Å². The van der Waals surface area contributed by atoms with E-state index in [1.54, 1.807) is 25.3 Å². The maximum atomic E-state index is 12.7. The summed E-state index contributed by atoms with van der Waals surface area (Å²) < 4.78 is 10.5. The Labute approximate surface area is 156 Å². The van der Waals surface area contributed by atoms with Crippen molar-refractivity contribution in [2.75, 3.05) is 32.6 Å². The van der Waals surface area contributed by atoms with Gasteiger partial charge in [-0.2, -0.15) is 5.26 Å². The molecular weight excluding hydrogens is 350 g/mol. The summed E-state index contributed by atoms with van der Waals surface area (Å²) in [6.07, 6.45) is 0.838. The average Bonchev–Trinajstić information content (AvgIpc) is 3.02. The molecule has 0 unspecified atom stereocenters. The van der Waals surface area contributed by atoms with E-state index in [1.165, 1.54) is 18.4 Å². The summed E-state index contributed by atoms with van der Waals surface area (Å²) in [5, 5.41) is 13.1. The number of hydrogen-bond acceptors (Lipinski definition) is 6. The van der Waals surface area contributed by atoms with Crippen LogP contribution in [0.2, 0.25) is 0 Å². The Bertz CT molecular complexity index is 870. The van der Waals surface area contributed by atoms with Crippen LogP contribution >= 0.6 is 11.3 Å². The molecule has 0 atom stereocenters. The minimum atomic E-state index is -0.299. The van der Waals surface area contributed by atoms with E-state index in [4.69, 9.17) is 9.47 Å². The minimum Gasteiger partial charge on any atom is -0.497 e. The number of carbonyl (C=O) groups is 1. The van der Waals surface area contributed by atoms with Crippen LogP contribution in [0.1, 0.15) is 33.3 Å². The zero-order valence-corrected chi connectivity index (χ0v) is 15.9. The highest BCUT2D eigenvalue weighted by Gasteiger charge is 2.25. The smallest absolute Gasteiger partial charge is 0.260 e. The fourth-order valence-electron chi connectivity index (χ4n) is 3.09. The summed E-state index contributed by atoms with van der Waals surface area (Å²) in [5.41, 5.74) is 2.06. The van der Waals surface area contributed by atoms with Crippen molar-refractivity contribution in [3.8, 4) is 17.6 Å². The number of ether oxygens (including phenoxy) is 2. The number of benzene rings is 1. The SMILES string of the molecule is CCN1CCc2c(sc(NC(=O)c3ccc(OC)cc3OC)c2C#N)C1. The molecule has 1 amide bonds. The molecule has 1 aromatic carbocycles. The summed E-state index contributed by atoms with van der Waals surface area (Å²) in [6, 6.07) is 7.30. The van der Waals surface area contributed by atoms with E-state index >= 15 is 0 Å². The second-order valence-electron chi connectivity index (χ2n) is 5.96. The lowest BCUT2D eigenvalue weighted by Crippen LogP contribution is -2.29. The molecule has 1 N–H and O–H groups in total. The van der Waals surface area contributed by atoms with Gasteiger partial charge >= 0.3 is 0 Å². The first-order valence-corrected chi connectivity index (χ1v) is 9.23. The Balaban J connectivity index is 1.89. The molecule has 7 heteroatoms. The first kappa shape index (κ1) is 18.2. The van der Waals surface area contributed by atoms with Gasteiger partial charge in [-0.25, -0.2) is 0 Å². The topological polar surface area (TPSA) is 74.6 Å². The number of anilines is 1. The van der Waals surface area contributed by atoms with Crippen LogP contribution in [0, 0.1) is 11.3 Å². The number of nitrogens with zero attached hydrogens (tertiary/aromatic N) is 2. The van der Waals surface area contributed by atoms with Crippen molar-refractivity contribution in [1.82, 2.24) is 4.90 Å². The van der Waals surface area contributed by atoms with E-state index in [-0.39, 0.29) is 5.91 Å². The van der Waals surface area contributed by atoms with E-state index in [1.807, 2.05) is 0 Å². The van der Waals surface area contributed by atoms with Crippen LogP contribution in [0.5, 0.6) is 11.5 Å². The lowest BCUT2D eigenvalue weighted by atomic mass is 10.0. The van der Waals surface area contributed by atoms with Crippen molar-refractivity contribution < 1.29 is 14.3 Å². The number of thiophene rings is 1. The summed E-state index contributed by atoms with van der Waals surface area (Å²) >= 11 is 1.49. The highest BCUT2D eigenvalue weighted by molar-refractivity contribution is 7.16. The molecule has 2 heterocycles. The summed E-state index contributed by atoms with van der Waals surface area (Å²) in [6.45, 7) is 4.87. The molecule has 1 aliphatic heterocycles. The van der Waals surface area contributed by atoms with Crippen molar-refractivity contribution in [3.63, 3.8) is 0 Å². The number of nitriles is 1. The molecule has 1 aliphatic rings. The van der Waals surface area contributed by atoms with Gasteiger partial charge < -0.3 is 14.8 Å². The maximum Gasteiger partial charge on any atom is 0.260 e. The predicted molar refractivity (Wildman–Crippen MR) is 101 cm³/mol. The quantitative estimate of drug-likeness (QED) is 0.873. The first-order valence-electron chi connectivity index (χ1n) is 8.41. The molecular formula is C19H21N3O3S. The fraction of sp³-hybridized carbons (Fsp3) is 0.368. The molecule has 26 heavy (non-hydrogen) atoms. The highest BCUT2D eigenvalue weighted by Crippen LogP contribution is 2.37. The molecule has 6 nitrogen and oxygen atoms in total. The molecule has 0 radical (unpaired) electrons. The molecule has 0 saturated heterocycles. The zero-order valence-electron chi connectivity index (χ0n) is 15.1. The van der Waals surface area contributed by atoms with Gasteiger partial charge in [0, 0.05) is 24.0 Å². The number of likely N-dealkylation sites (N-methyl/N-ethyl adjacent to an activating group) is 1. The molecule has 0 fully saturated rings. The lowest BCUT2D eigenvalue weighted by Gasteiger charge is -2.24. The number of hydrogen-bond donors (Lipinski definition) is 1. The average molecular weight is 371 g/mol. The third kappa shape index (κ3) is 3.39. The third-order valence-corrected chi connectivity index (χ3v) is 5.71. The van der Waals surface area contributed by atoms with Crippen LogP contribution in [-0.4, -0.2) is 38.1 Å². The Morgan fingerprint density at radius 1 is 1.38 bits per heavy atom. The number of amides is 1. The van der Waals surface area contributed by atoms with Crippen molar-refractivity contribution in [2.45, 2.75) is 19.9 Å². The van der Waals surface area contributed by atoms with Gasteiger partial charge in [0.25, 0.3) is 5.91 Å². The van der Waals surface area contributed by atoms with Crippen LogP contribution in [0.4, 0.5) is 5.00 Å². The Hall–Kier alpha value is -2.56. The Kier molecular flexibility index (Phi) is 5.45. The lowest BCUT2D eigenvalue weighted by molar-refractivity contribution is 0.102. The Morgan fingerprint density at radius 3 is 2.85 bits per heavy atom. The van der Waals surface area contributed by atoms with E-state index in [9.17, 15) is 10.1 Å². The highest BCUT2D eigenvalue weighted by atomic mass is 32.1.